The number of aliphatic hydroxyl groups is 1. The van der Waals surface area contributed by atoms with Gasteiger partial charge in [-0.25, -0.2) is 13.2 Å². The van der Waals surface area contributed by atoms with E-state index < -0.39 is 21.9 Å². The second-order valence-electron chi connectivity index (χ2n) is 7.37. The molecule has 0 bridgehead atoms. The van der Waals surface area contributed by atoms with Crippen molar-refractivity contribution in [3.8, 4) is 5.75 Å². The van der Waals surface area contributed by atoms with E-state index >= 15 is 0 Å². The molecule has 0 saturated carbocycles. The zero-order valence-corrected chi connectivity index (χ0v) is 16.9. The Balaban J connectivity index is 1.38. The van der Waals surface area contributed by atoms with Crippen LogP contribution in [-0.2, 0) is 14.6 Å². The van der Waals surface area contributed by atoms with Crippen LogP contribution in [0.3, 0.4) is 0 Å². The maximum Gasteiger partial charge on any atom is 0.337 e. The number of benzene rings is 1. The van der Waals surface area contributed by atoms with Crippen molar-refractivity contribution in [2.45, 2.75) is 18.6 Å². The monoisotopic (exact) mass is 412 g/mol. The van der Waals surface area contributed by atoms with Gasteiger partial charge in [-0.2, -0.15) is 0 Å². The molecule has 3 rings (SSSR count). The summed E-state index contributed by atoms with van der Waals surface area (Å²) < 4.78 is 33.5. The molecule has 0 aromatic heterocycles. The Morgan fingerprint density at radius 1 is 1.21 bits per heavy atom. The number of sulfone groups is 1. The molecule has 2 fully saturated rings. The van der Waals surface area contributed by atoms with Crippen LogP contribution in [0.1, 0.15) is 16.8 Å². The van der Waals surface area contributed by atoms with Crippen LogP contribution in [0, 0.1) is 0 Å². The second kappa shape index (κ2) is 9.21. The lowest BCUT2D eigenvalue weighted by Gasteiger charge is -2.38. The average Bonchev–Trinajstić information content (AvgIpc) is 3.06. The summed E-state index contributed by atoms with van der Waals surface area (Å²) in [6, 6.07) is 6.74. The number of aliphatic hydroxyl groups excluding tert-OH is 1. The Morgan fingerprint density at radius 3 is 2.46 bits per heavy atom. The van der Waals surface area contributed by atoms with Crippen molar-refractivity contribution in [3.05, 3.63) is 29.8 Å². The van der Waals surface area contributed by atoms with E-state index in [1.165, 1.54) is 7.11 Å². The van der Waals surface area contributed by atoms with Gasteiger partial charge in [-0.05, 0) is 30.7 Å². The van der Waals surface area contributed by atoms with Gasteiger partial charge >= 0.3 is 5.97 Å². The molecule has 8 nitrogen and oxygen atoms in total. The summed E-state index contributed by atoms with van der Waals surface area (Å²) in [6.07, 6.45) is 0.104. The van der Waals surface area contributed by atoms with Crippen molar-refractivity contribution in [3.63, 3.8) is 0 Å². The number of ether oxygens (including phenoxy) is 2. The van der Waals surface area contributed by atoms with Gasteiger partial charge in [0.05, 0.1) is 24.2 Å². The molecular formula is C19H28N2O6S. The number of β-amino-alcohol motifs (C(OH)–C–C–N with tert-alkyl or cyclic N) is 1. The molecule has 0 unspecified atom stereocenters. The number of nitrogens with zero attached hydrogens (tertiary/aromatic N) is 2. The van der Waals surface area contributed by atoms with E-state index in [1.807, 2.05) is 0 Å². The molecule has 1 N–H and O–H groups in total. The van der Waals surface area contributed by atoms with Gasteiger partial charge in [0, 0.05) is 38.8 Å². The SMILES string of the molecule is COC(=O)c1ccc(OC[C@@H](O)CN2CCN([C@@H]3CCS(=O)(=O)C3)CC2)cc1. The highest BCUT2D eigenvalue weighted by Gasteiger charge is 2.33. The molecule has 1 aromatic carbocycles. The number of carbonyl (C=O) groups is 1. The van der Waals surface area contributed by atoms with E-state index in [-0.39, 0.29) is 18.4 Å². The van der Waals surface area contributed by atoms with Crippen molar-refractivity contribution in [2.75, 3.05) is 57.9 Å². The molecule has 2 heterocycles. The van der Waals surface area contributed by atoms with Gasteiger partial charge in [-0.3, -0.25) is 9.80 Å². The van der Waals surface area contributed by atoms with Crippen LogP contribution >= 0.6 is 0 Å². The molecule has 0 radical (unpaired) electrons. The number of carbonyl (C=O) groups excluding carboxylic acids is 1. The Labute approximate surface area is 165 Å². The Bertz CT molecular complexity index is 759. The van der Waals surface area contributed by atoms with Gasteiger partial charge in [0.15, 0.2) is 9.84 Å². The zero-order valence-electron chi connectivity index (χ0n) is 16.1. The molecule has 0 amide bonds. The van der Waals surface area contributed by atoms with E-state index in [0.717, 1.165) is 32.6 Å². The standard InChI is InChI=1S/C19H28N2O6S/c1-26-19(23)15-2-4-18(5-3-15)27-13-17(22)12-20-7-9-21(10-8-20)16-6-11-28(24,25)14-16/h2-5,16-17,22H,6-14H2,1H3/t16-,17+/m1/s1. The van der Waals surface area contributed by atoms with Gasteiger partial charge < -0.3 is 14.6 Å². The zero-order chi connectivity index (χ0) is 20.1. The molecule has 9 heteroatoms. The molecule has 2 saturated heterocycles. The van der Waals surface area contributed by atoms with Crippen molar-refractivity contribution in [2.24, 2.45) is 0 Å². The van der Waals surface area contributed by atoms with E-state index in [0.29, 0.717) is 23.6 Å². The summed E-state index contributed by atoms with van der Waals surface area (Å²) in [5.41, 5.74) is 0.448. The number of hydrogen-bond acceptors (Lipinski definition) is 8. The highest BCUT2D eigenvalue weighted by atomic mass is 32.2. The predicted molar refractivity (Wildman–Crippen MR) is 104 cm³/mol. The highest BCUT2D eigenvalue weighted by molar-refractivity contribution is 7.91. The maximum atomic E-state index is 11.6. The fraction of sp³-hybridized carbons (Fsp3) is 0.632. The lowest BCUT2D eigenvalue weighted by Crippen LogP contribution is -2.52. The van der Waals surface area contributed by atoms with E-state index in [9.17, 15) is 18.3 Å². The fourth-order valence-electron chi connectivity index (χ4n) is 3.72. The smallest absolute Gasteiger partial charge is 0.337 e. The van der Waals surface area contributed by atoms with Gasteiger partial charge in [0.2, 0.25) is 0 Å². The van der Waals surface area contributed by atoms with E-state index in [4.69, 9.17) is 4.74 Å². The van der Waals surface area contributed by atoms with Crippen LogP contribution in [0.2, 0.25) is 0 Å². The number of esters is 1. The predicted octanol–water partition coefficient (Wildman–Crippen LogP) is 0.0176. The molecule has 156 valence electrons. The molecule has 28 heavy (non-hydrogen) atoms. The minimum atomic E-state index is -2.86. The van der Waals surface area contributed by atoms with Crippen molar-refractivity contribution in [1.82, 2.24) is 9.80 Å². The van der Waals surface area contributed by atoms with Crippen LogP contribution in [0.15, 0.2) is 24.3 Å². The van der Waals surface area contributed by atoms with E-state index in [1.54, 1.807) is 24.3 Å². The summed E-state index contributed by atoms with van der Waals surface area (Å²) in [4.78, 5) is 15.8. The normalized spacial score (nSPS) is 24.0. The topological polar surface area (TPSA) is 96.4 Å². The van der Waals surface area contributed by atoms with Crippen LogP contribution in [-0.4, -0.2) is 99.4 Å². The van der Waals surface area contributed by atoms with Crippen LogP contribution in [0.4, 0.5) is 0 Å². The van der Waals surface area contributed by atoms with E-state index in [2.05, 4.69) is 14.5 Å². The average molecular weight is 413 g/mol. The second-order valence-corrected chi connectivity index (χ2v) is 9.60. The largest absolute Gasteiger partial charge is 0.491 e. The lowest BCUT2D eigenvalue weighted by atomic mass is 10.2. The molecule has 2 aliphatic rings. The first-order valence-electron chi connectivity index (χ1n) is 9.52. The molecule has 0 aliphatic carbocycles. The van der Waals surface area contributed by atoms with Gasteiger partial charge in [0.25, 0.3) is 0 Å². The Hall–Kier alpha value is -1.68. The first kappa shape index (κ1) is 21.0. The lowest BCUT2D eigenvalue weighted by molar-refractivity contribution is 0.0389. The molecule has 2 atom stereocenters. The maximum absolute atomic E-state index is 11.6. The summed E-state index contributed by atoms with van der Waals surface area (Å²) in [5.74, 6) is 0.757. The number of methoxy groups -OCH3 is 1. The number of piperazine rings is 1. The van der Waals surface area contributed by atoms with Gasteiger partial charge in [-0.15, -0.1) is 0 Å². The highest BCUT2D eigenvalue weighted by Crippen LogP contribution is 2.19. The third-order valence-electron chi connectivity index (χ3n) is 5.32. The molecule has 2 aliphatic heterocycles. The van der Waals surface area contributed by atoms with Crippen LogP contribution in [0.25, 0.3) is 0 Å². The van der Waals surface area contributed by atoms with Crippen LogP contribution in [0.5, 0.6) is 5.75 Å². The quantitative estimate of drug-likeness (QED) is 0.626. The molecule has 1 aromatic rings. The van der Waals surface area contributed by atoms with Crippen molar-refractivity contribution < 1.29 is 27.8 Å². The Morgan fingerprint density at radius 2 is 1.89 bits per heavy atom. The van der Waals surface area contributed by atoms with Gasteiger partial charge in [0.1, 0.15) is 18.5 Å². The summed E-state index contributed by atoms with van der Waals surface area (Å²) in [5, 5.41) is 10.3. The summed E-state index contributed by atoms with van der Waals surface area (Å²) in [6.45, 7) is 3.93. The third-order valence-corrected chi connectivity index (χ3v) is 7.07. The summed E-state index contributed by atoms with van der Waals surface area (Å²) >= 11 is 0. The van der Waals surface area contributed by atoms with Crippen molar-refractivity contribution in [1.29, 1.82) is 0 Å². The summed E-state index contributed by atoms with van der Waals surface area (Å²) in [7, 11) is -1.53. The minimum Gasteiger partial charge on any atom is -0.491 e. The number of rotatable bonds is 7. The number of hydrogen-bond donors (Lipinski definition) is 1. The van der Waals surface area contributed by atoms with Gasteiger partial charge in [-0.1, -0.05) is 0 Å². The fourth-order valence-corrected chi connectivity index (χ4v) is 5.48. The molecular weight excluding hydrogens is 384 g/mol. The minimum absolute atomic E-state index is 0.147. The van der Waals surface area contributed by atoms with Crippen LogP contribution < -0.4 is 4.74 Å². The third kappa shape index (κ3) is 5.66. The first-order chi connectivity index (χ1) is 13.4. The van der Waals surface area contributed by atoms with Crippen molar-refractivity contribution >= 4 is 15.8 Å². The molecule has 0 spiro atoms. The Kier molecular flexibility index (Phi) is 6.92. The first-order valence-corrected chi connectivity index (χ1v) is 11.3.